The normalized spacial score (nSPS) is 20.1. The summed E-state index contributed by atoms with van der Waals surface area (Å²) in [5, 5.41) is 2.67. The average molecular weight is 179 g/mol. The van der Waals surface area contributed by atoms with Gasteiger partial charge in [-0.3, -0.25) is 4.79 Å². The van der Waals surface area contributed by atoms with E-state index in [0.29, 0.717) is 11.4 Å². The first-order chi connectivity index (χ1) is 6.31. The second-order valence-corrected chi connectivity index (χ2v) is 2.67. The standard InChI is InChI=1S/C9H9NO3/c1-12-9-8(11)10-6-4-2-3-5-7(6)13-9/h2-5,9H,1H3,(H,10,11). The lowest BCUT2D eigenvalue weighted by Gasteiger charge is -2.23. The van der Waals surface area contributed by atoms with Crippen molar-refractivity contribution in [2.75, 3.05) is 12.4 Å². The Morgan fingerprint density at radius 3 is 3.00 bits per heavy atom. The summed E-state index contributed by atoms with van der Waals surface area (Å²) in [6.07, 6.45) is -0.838. The number of carbonyl (C=O) groups is 1. The summed E-state index contributed by atoms with van der Waals surface area (Å²) < 4.78 is 10.1. The number of amides is 1. The predicted molar refractivity (Wildman–Crippen MR) is 46.5 cm³/mol. The fourth-order valence-corrected chi connectivity index (χ4v) is 1.19. The highest BCUT2D eigenvalue weighted by Crippen LogP contribution is 2.28. The molecule has 1 aliphatic heterocycles. The number of hydrogen-bond donors (Lipinski definition) is 1. The van der Waals surface area contributed by atoms with E-state index in [-0.39, 0.29) is 5.91 Å². The van der Waals surface area contributed by atoms with Crippen LogP contribution in [0.25, 0.3) is 0 Å². The third-order valence-corrected chi connectivity index (χ3v) is 1.81. The quantitative estimate of drug-likeness (QED) is 0.699. The summed E-state index contributed by atoms with van der Waals surface area (Å²) in [4.78, 5) is 11.2. The second-order valence-electron chi connectivity index (χ2n) is 2.67. The van der Waals surface area contributed by atoms with E-state index < -0.39 is 6.29 Å². The van der Waals surface area contributed by atoms with E-state index in [9.17, 15) is 4.79 Å². The zero-order valence-electron chi connectivity index (χ0n) is 7.11. The summed E-state index contributed by atoms with van der Waals surface area (Å²) in [5.41, 5.74) is 0.681. The molecule has 0 aromatic heterocycles. The topological polar surface area (TPSA) is 47.6 Å². The van der Waals surface area contributed by atoms with Gasteiger partial charge in [0.15, 0.2) is 0 Å². The highest BCUT2D eigenvalue weighted by atomic mass is 16.7. The maximum Gasteiger partial charge on any atom is 0.294 e. The number of hydrogen-bond acceptors (Lipinski definition) is 3. The number of para-hydroxylation sites is 2. The summed E-state index contributed by atoms with van der Waals surface area (Å²) in [7, 11) is 1.43. The van der Waals surface area contributed by atoms with E-state index in [0.717, 1.165) is 0 Å². The monoisotopic (exact) mass is 179 g/mol. The van der Waals surface area contributed by atoms with Crippen LogP contribution in [0.15, 0.2) is 24.3 Å². The van der Waals surface area contributed by atoms with Gasteiger partial charge in [-0.1, -0.05) is 12.1 Å². The van der Waals surface area contributed by atoms with Gasteiger partial charge in [-0.2, -0.15) is 0 Å². The molecule has 0 saturated carbocycles. The number of benzene rings is 1. The molecule has 1 N–H and O–H groups in total. The van der Waals surface area contributed by atoms with Crippen molar-refractivity contribution >= 4 is 11.6 Å². The van der Waals surface area contributed by atoms with Crippen molar-refractivity contribution in [2.24, 2.45) is 0 Å². The number of nitrogens with one attached hydrogen (secondary N) is 1. The molecule has 4 nitrogen and oxygen atoms in total. The van der Waals surface area contributed by atoms with Crippen molar-refractivity contribution in [3.63, 3.8) is 0 Å². The number of rotatable bonds is 1. The Bertz CT molecular complexity index is 337. The molecule has 2 rings (SSSR count). The molecule has 0 aliphatic carbocycles. The Morgan fingerprint density at radius 1 is 1.46 bits per heavy atom. The highest BCUT2D eigenvalue weighted by molar-refractivity contribution is 5.96. The molecule has 0 bridgehead atoms. The summed E-state index contributed by atoms with van der Waals surface area (Å²) in [5.74, 6) is 0.357. The maximum atomic E-state index is 11.2. The van der Waals surface area contributed by atoms with Gasteiger partial charge in [0.1, 0.15) is 5.75 Å². The van der Waals surface area contributed by atoms with Crippen molar-refractivity contribution in [3.8, 4) is 5.75 Å². The minimum atomic E-state index is -0.838. The van der Waals surface area contributed by atoms with Crippen LogP contribution in [0, 0.1) is 0 Å². The van der Waals surface area contributed by atoms with E-state index in [4.69, 9.17) is 9.47 Å². The fourth-order valence-electron chi connectivity index (χ4n) is 1.19. The fraction of sp³-hybridized carbons (Fsp3) is 0.222. The van der Waals surface area contributed by atoms with E-state index in [1.807, 2.05) is 12.1 Å². The molecule has 1 heterocycles. The molecule has 1 aromatic carbocycles. The Morgan fingerprint density at radius 2 is 2.23 bits per heavy atom. The van der Waals surface area contributed by atoms with E-state index in [1.54, 1.807) is 12.1 Å². The molecule has 1 atom stereocenters. The van der Waals surface area contributed by atoms with Gasteiger partial charge >= 0.3 is 0 Å². The maximum absolute atomic E-state index is 11.2. The number of methoxy groups -OCH3 is 1. The lowest BCUT2D eigenvalue weighted by atomic mass is 10.2. The van der Waals surface area contributed by atoms with Crippen LogP contribution in [0.1, 0.15) is 0 Å². The predicted octanol–water partition coefficient (Wildman–Crippen LogP) is 0.990. The lowest BCUT2D eigenvalue weighted by molar-refractivity contribution is -0.143. The smallest absolute Gasteiger partial charge is 0.294 e. The summed E-state index contributed by atoms with van der Waals surface area (Å²) >= 11 is 0. The molecule has 0 fully saturated rings. The van der Waals surface area contributed by atoms with Crippen LogP contribution in [0.3, 0.4) is 0 Å². The molecular weight excluding hydrogens is 170 g/mol. The van der Waals surface area contributed by atoms with Gasteiger partial charge in [-0.15, -0.1) is 0 Å². The van der Waals surface area contributed by atoms with Gasteiger partial charge in [0, 0.05) is 7.11 Å². The Labute approximate surface area is 75.5 Å². The Kier molecular flexibility index (Phi) is 1.90. The minimum Gasteiger partial charge on any atom is -0.453 e. The third-order valence-electron chi connectivity index (χ3n) is 1.81. The van der Waals surface area contributed by atoms with Crippen molar-refractivity contribution in [1.82, 2.24) is 0 Å². The van der Waals surface area contributed by atoms with Crippen molar-refractivity contribution in [1.29, 1.82) is 0 Å². The van der Waals surface area contributed by atoms with Gasteiger partial charge < -0.3 is 14.8 Å². The number of fused-ring (bicyclic) bond motifs is 1. The highest BCUT2D eigenvalue weighted by Gasteiger charge is 2.26. The molecule has 0 spiro atoms. The van der Waals surface area contributed by atoms with Crippen LogP contribution in [-0.4, -0.2) is 19.3 Å². The summed E-state index contributed by atoms with van der Waals surface area (Å²) in [6.45, 7) is 0. The Hall–Kier alpha value is -1.55. The summed E-state index contributed by atoms with van der Waals surface area (Å²) in [6, 6.07) is 7.22. The van der Waals surface area contributed by atoms with Crippen LogP contribution in [-0.2, 0) is 9.53 Å². The zero-order chi connectivity index (χ0) is 9.26. The molecule has 1 unspecified atom stereocenters. The van der Waals surface area contributed by atoms with Gasteiger partial charge in [0.2, 0.25) is 0 Å². The average Bonchev–Trinajstić information content (AvgIpc) is 2.17. The SMILES string of the molecule is COC1Oc2ccccc2NC1=O. The van der Waals surface area contributed by atoms with E-state index >= 15 is 0 Å². The first-order valence-corrected chi connectivity index (χ1v) is 3.90. The van der Waals surface area contributed by atoms with Crippen LogP contribution < -0.4 is 10.1 Å². The molecule has 0 saturated heterocycles. The molecule has 13 heavy (non-hydrogen) atoms. The van der Waals surface area contributed by atoms with Crippen molar-refractivity contribution < 1.29 is 14.3 Å². The van der Waals surface area contributed by atoms with Gasteiger partial charge in [0.25, 0.3) is 12.2 Å². The molecular formula is C9H9NO3. The van der Waals surface area contributed by atoms with E-state index in [2.05, 4.69) is 5.32 Å². The molecule has 1 amide bonds. The third kappa shape index (κ3) is 1.36. The molecule has 4 heteroatoms. The molecule has 68 valence electrons. The molecule has 1 aliphatic rings. The van der Waals surface area contributed by atoms with Gasteiger partial charge in [0.05, 0.1) is 5.69 Å². The van der Waals surface area contributed by atoms with Crippen LogP contribution >= 0.6 is 0 Å². The second kappa shape index (κ2) is 3.06. The Balaban J connectivity index is 2.33. The largest absolute Gasteiger partial charge is 0.453 e. The first kappa shape index (κ1) is 8.07. The van der Waals surface area contributed by atoms with Gasteiger partial charge in [-0.05, 0) is 12.1 Å². The van der Waals surface area contributed by atoms with Gasteiger partial charge in [-0.25, -0.2) is 0 Å². The minimum absolute atomic E-state index is 0.277. The number of ether oxygens (including phenoxy) is 2. The molecule has 0 radical (unpaired) electrons. The molecule has 1 aromatic rings. The van der Waals surface area contributed by atoms with Crippen molar-refractivity contribution in [3.05, 3.63) is 24.3 Å². The first-order valence-electron chi connectivity index (χ1n) is 3.90. The van der Waals surface area contributed by atoms with Crippen LogP contribution in [0.4, 0.5) is 5.69 Å². The number of carbonyl (C=O) groups excluding carboxylic acids is 1. The number of anilines is 1. The lowest BCUT2D eigenvalue weighted by Crippen LogP contribution is -2.38. The van der Waals surface area contributed by atoms with Crippen LogP contribution in [0.5, 0.6) is 5.75 Å². The van der Waals surface area contributed by atoms with Crippen LogP contribution in [0.2, 0.25) is 0 Å². The zero-order valence-corrected chi connectivity index (χ0v) is 7.11. The van der Waals surface area contributed by atoms with Crippen molar-refractivity contribution in [2.45, 2.75) is 6.29 Å². The van der Waals surface area contributed by atoms with E-state index in [1.165, 1.54) is 7.11 Å².